The highest BCUT2D eigenvalue weighted by Crippen LogP contribution is 2.25. The van der Waals surface area contributed by atoms with Gasteiger partial charge in [0, 0.05) is 5.56 Å². The monoisotopic (exact) mass is 210 g/mol. The van der Waals surface area contributed by atoms with Crippen LogP contribution in [0, 0.1) is 18.6 Å². The summed E-state index contributed by atoms with van der Waals surface area (Å²) in [5.74, 6) is -1.05. The minimum atomic E-state index is -0.554. The van der Waals surface area contributed by atoms with Crippen molar-refractivity contribution in [2.24, 2.45) is 0 Å². The topological polar surface area (TPSA) is 52.0 Å². The number of halogens is 2. The van der Waals surface area contributed by atoms with E-state index in [4.69, 9.17) is 10.2 Å². The Labute approximate surface area is 84.5 Å². The molecule has 0 aliphatic carbocycles. The molecule has 1 aromatic heterocycles. The Balaban J connectivity index is 2.58. The first kappa shape index (κ1) is 9.64. The van der Waals surface area contributed by atoms with Gasteiger partial charge in [-0.2, -0.15) is 4.98 Å². The third-order valence-corrected chi connectivity index (χ3v) is 2.05. The second kappa shape index (κ2) is 3.34. The second-order valence-electron chi connectivity index (χ2n) is 3.15. The summed E-state index contributed by atoms with van der Waals surface area (Å²) < 4.78 is 31.4. The van der Waals surface area contributed by atoms with Gasteiger partial charge in [-0.15, -0.1) is 0 Å². The number of hydrogen-bond donors (Lipinski definition) is 1. The molecule has 15 heavy (non-hydrogen) atoms. The van der Waals surface area contributed by atoms with Crippen molar-refractivity contribution in [1.29, 1.82) is 0 Å². The predicted molar refractivity (Wildman–Crippen MR) is 51.0 cm³/mol. The van der Waals surface area contributed by atoms with Crippen LogP contribution in [0.1, 0.15) is 5.56 Å². The first-order valence-corrected chi connectivity index (χ1v) is 4.25. The van der Waals surface area contributed by atoms with E-state index >= 15 is 0 Å². The average molecular weight is 210 g/mol. The van der Waals surface area contributed by atoms with Crippen molar-refractivity contribution in [1.82, 2.24) is 4.98 Å². The van der Waals surface area contributed by atoms with Crippen LogP contribution in [0.2, 0.25) is 0 Å². The molecule has 0 radical (unpaired) electrons. The summed E-state index contributed by atoms with van der Waals surface area (Å²) in [4.78, 5) is 3.72. The minimum Gasteiger partial charge on any atom is -0.432 e. The Hall–Kier alpha value is -1.91. The molecule has 3 nitrogen and oxygen atoms in total. The van der Waals surface area contributed by atoms with Gasteiger partial charge in [-0.05, 0) is 24.6 Å². The van der Waals surface area contributed by atoms with Crippen LogP contribution in [0.5, 0.6) is 0 Å². The molecule has 0 spiro atoms. The number of hydrogen-bond acceptors (Lipinski definition) is 3. The first-order chi connectivity index (χ1) is 7.08. The predicted octanol–water partition coefficient (Wildman–Crippen LogP) is 2.51. The van der Waals surface area contributed by atoms with Gasteiger partial charge in [-0.25, -0.2) is 8.78 Å². The fourth-order valence-electron chi connectivity index (χ4n) is 1.25. The second-order valence-corrected chi connectivity index (χ2v) is 3.15. The number of nitrogen functional groups attached to an aromatic ring is 1. The van der Waals surface area contributed by atoms with Crippen LogP contribution < -0.4 is 5.73 Å². The quantitative estimate of drug-likeness (QED) is 0.786. The first-order valence-electron chi connectivity index (χ1n) is 4.25. The summed E-state index contributed by atoms with van der Waals surface area (Å²) in [7, 11) is 0. The number of rotatable bonds is 1. The number of nitrogens with zero attached hydrogens (tertiary/aromatic N) is 1. The van der Waals surface area contributed by atoms with E-state index in [2.05, 4.69) is 4.98 Å². The minimum absolute atomic E-state index is 0.0403. The van der Waals surface area contributed by atoms with Crippen LogP contribution in [0.15, 0.2) is 22.8 Å². The fraction of sp³-hybridized carbons (Fsp3) is 0.100. The van der Waals surface area contributed by atoms with Crippen LogP contribution >= 0.6 is 0 Å². The lowest BCUT2D eigenvalue weighted by molar-refractivity contribution is 0.579. The molecule has 0 atom stereocenters. The number of aromatic nitrogens is 1. The maximum absolute atomic E-state index is 13.4. The molecule has 0 amide bonds. The molecule has 0 saturated carbocycles. The van der Waals surface area contributed by atoms with Gasteiger partial charge in [0.25, 0.3) is 6.01 Å². The molecule has 2 rings (SSSR count). The zero-order valence-electron chi connectivity index (χ0n) is 7.92. The molecule has 0 fully saturated rings. The van der Waals surface area contributed by atoms with Crippen LogP contribution in [-0.4, -0.2) is 4.98 Å². The van der Waals surface area contributed by atoms with Gasteiger partial charge in [0.1, 0.15) is 23.6 Å². The molecule has 0 aliphatic rings. The maximum Gasteiger partial charge on any atom is 0.292 e. The number of anilines is 1. The average Bonchev–Trinajstić information content (AvgIpc) is 2.58. The van der Waals surface area contributed by atoms with Crippen molar-refractivity contribution in [2.75, 3.05) is 5.73 Å². The van der Waals surface area contributed by atoms with Crippen LogP contribution in [0.4, 0.5) is 14.8 Å². The van der Waals surface area contributed by atoms with Crippen molar-refractivity contribution >= 4 is 6.01 Å². The molecule has 0 bridgehead atoms. The van der Waals surface area contributed by atoms with E-state index < -0.39 is 11.6 Å². The number of nitrogens with two attached hydrogens (primary N) is 1. The highest BCUT2D eigenvalue weighted by atomic mass is 19.1. The Morgan fingerprint density at radius 1 is 1.27 bits per heavy atom. The van der Waals surface area contributed by atoms with E-state index in [1.807, 2.05) is 0 Å². The summed E-state index contributed by atoms with van der Waals surface area (Å²) in [5.41, 5.74) is 5.71. The van der Waals surface area contributed by atoms with Crippen LogP contribution in [0.25, 0.3) is 11.3 Å². The number of aryl methyl sites for hydroxylation is 1. The summed E-state index contributed by atoms with van der Waals surface area (Å²) in [6.07, 6.45) is 1.18. The normalized spacial score (nSPS) is 10.6. The lowest BCUT2D eigenvalue weighted by Gasteiger charge is -2.01. The molecule has 1 aromatic carbocycles. The van der Waals surface area contributed by atoms with E-state index in [9.17, 15) is 8.78 Å². The SMILES string of the molecule is Cc1cc(F)c(-c2coc(N)n2)cc1F. The molecular weight excluding hydrogens is 202 g/mol. The summed E-state index contributed by atoms with van der Waals surface area (Å²) >= 11 is 0. The number of benzene rings is 1. The van der Waals surface area contributed by atoms with Gasteiger partial charge < -0.3 is 10.2 Å². The largest absolute Gasteiger partial charge is 0.432 e. The molecular formula is C10H8F2N2O. The van der Waals surface area contributed by atoms with Crippen molar-refractivity contribution in [2.45, 2.75) is 6.92 Å². The summed E-state index contributed by atoms with van der Waals surface area (Å²) in [5, 5.41) is 0. The van der Waals surface area contributed by atoms with Crippen LogP contribution in [-0.2, 0) is 0 Å². The third-order valence-electron chi connectivity index (χ3n) is 2.05. The zero-order valence-corrected chi connectivity index (χ0v) is 7.92. The number of oxazole rings is 1. The Morgan fingerprint density at radius 2 is 2.00 bits per heavy atom. The summed E-state index contributed by atoms with van der Waals surface area (Å²) in [6.45, 7) is 1.49. The standard InChI is InChI=1S/C10H8F2N2O/c1-5-2-8(12)6(3-7(5)11)9-4-15-10(13)14-9/h2-4H,1H3,(H2,13,14). The van der Waals surface area contributed by atoms with Crippen molar-refractivity contribution in [3.8, 4) is 11.3 Å². The van der Waals surface area contributed by atoms with E-state index in [-0.39, 0.29) is 22.8 Å². The van der Waals surface area contributed by atoms with Gasteiger partial charge in [-0.3, -0.25) is 0 Å². The fourth-order valence-corrected chi connectivity index (χ4v) is 1.25. The highest BCUT2D eigenvalue weighted by molar-refractivity contribution is 5.60. The van der Waals surface area contributed by atoms with Gasteiger partial charge in [0.2, 0.25) is 0 Å². The Bertz CT molecular complexity index is 508. The third kappa shape index (κ3) is 1.68. The van der Waals surface area contributed by atoms with Gasteiger partial charge in [-0.1, -0.05) is 0 Å². The lowest BCUT2D eigenvalue weighted by atomic mass is 10.1. The lowest BCUT2D eigenvalue weighted by Crippen LogP contribution is -1.91. The molecule has 5 heteroatoms. The molecule has 2 aromatic rings. The van der Waals surface area contributed by atoms with E-state index in [1.54, 1.807) is 0 Å². The molecule has 1 heterocycles. The highest BCUT2D eigenvalue weighted by Gasteiger charge is 2.12. The summed E-state index contributed by atoms with van der Waals surface area (Å²) in [6, 6.07) is 2.10. The molecule has 0 saturated heterocycles. The zero-order chi connectivity index (χ0) is 11.0. The van der Waals surface area contributed by atoms with E-state index in [1.165, 1.54) is 13.2 Å². The van der Waals surface area contributed by atoms with Gasteiger partial charge in [0.05, 0.1) is 0 Å². The Kier molecular flexibility index (Phi) is 2.15. The van der Waals surface area contributed by atoms with Crippen molar-refractivity contribution in [3.63, 3.8) is 0 Å². The Morgan fingerprint density at radius 3 is 2.60 bits per heavy atom. The smallest absolute Gasteiger partial charge is 0.292 e. The molecule has 0 unspecified atom stereocenters. The molecule has 2 N–H and O–H groups in total. The van der Waals surface area contributed by atoms with Gasteiger partial charge >= 0.3 is 0 Å². The van der Waals surface area contributed by atoms with Crippen LogP contribution in [0.3, 0.4) is 0 Å². The van der Waals surface area contributed by atoms with Crippen molar-refractivity contribution in [3.05, 3.63) is 35.6 Å². The molecule has 78 valence electrons. The van der Waals surface area contributed by atoms with E-state index in [0.29, 0.717) is 0 Å². The van der Waals surface area contributed by atoms with Crippen molar-refractivity contribution < 1.29 is 13.2 Å². The van der Waals surface area contributed by atoms with Gasteiger partial charge in [0.15, 0.2) is 0 Å². The molecule has 0 aliphatic heterocycles. The van der Waals surface area contributed by atoms with E-state index in [0.717, 1.165) is 12.1 Å². The maximum atomic E-state index is 13.4.